The second kappa shape index (κ2) is 6.57. The highest BCUT2D eigenvalue weighted by molar-refractivity contribution is 6.01. The van der Waals surface area contributed by atoms with Crippen LogP contribution in [0.3, 0.4) is 0 Å². The van der Waals surface area contributed by atoms with E-state index in [4.69, 9.17) is 9.47 Å². The van der Waals surface area contributed by atoms with Crippen molar-refractivity contribution in [2.75, 3.05) is 20.2 Å². The number of aromatic nitrogens is 3. The molecular formula is C20H22N4O3. The first-order valence-electron chi connectivity index (χ1n) is 8.91. The number of rotatable bonds is 3. The Balaban J connectivity index is 1.57. The predicted molar refractivity (Wildman–Crippen MR) is 101 cm³/mol. The minimum absolute atomic E-state index is 0.123. The lowest BCUT2D eigenvalue weighted by Gasteiger charge is -2.29. The van der Waals surface area contributed by atoms with Gasteiger partial charge in [0.2, 0.25) is 0 Å². The summed E-state index contributed by atoms with van der Waals surface area (Å²) in [6.07, 6.45) is -0.229. The average molecular weight is 366 g/mol. The van der Waals surface area contributed by atoms with Crippen molar-refractivity contribution in [1.82, 2.24) is 19.5 Å². The van der Waals surface area contributed by atoms with Gasteiger partial charge in [-0.3, -0.25) is 4.79 Å². The van der Waals surface area contributed by atoms with Gasteiger partial charge in [-0.25, -0.2) is 9.50 Å². The maximum absolute atomic E-state index is 13.1. The number of hydrogen-bond acceptors (Lipinski definition) is 5. The first kappa shape index (κ1) is 17.3. The number of fused-ring (bicyclic) bond motifs is 2. The predicted octanol–water partition coefficient (Wildman–Crippen LogP) is 2.57. The monoisotopic (exact) mass is 366 g/mol. The van der Waals surface area contributed by atoms with Gasteiger partial charge in [-0.1, -0.05) is 12.1 Å². The van der Waals surface area contributed by atoms with E-state index >= 15 is 0 Å². The van der Waals surface area contributed by atoms with E-state index in [1.165, 1.54) is 0 Å². The second-order valence-corrected chi connectivity index (χ2v) is 6.92. The highest BCUT2D eigenvalue weighted by Crippen LogP contribution is 2.31. The molecule has 0 bridgehead atoms. The lowest BCUT2D eigenvalue weighted by molar-refractivity contribution is 0.0521. The Morgan fingerprint density at radius 2 is 2.00 bits per heavy atom. The highest BCUT2D eigenvalue weighted by atomic mass is 16.6. The molecule has 0 aliphatic carbocycles. The summed E-state index contributed by atoms with van der Waals surface area (Å²) in [6.45, 7) is 6.52. The molecule has 7 heteroatoms. The van der Waals surface area contributed by atoms with E-state index in [0.717, 1.165) is 17.1 Å². The van der Waals surface area contributed by atoms with Crippen LogP contribution in [0.1, 0.15) is 27.4 Å². The molecule has 0 N–H and O–H groups in total. The topological polar surface area (TPSA) is 69.0 Å². The van der Waals surface area contributed by atoms with Gasteiger partial charge in [-0.05, 0) is 39.0 Å². The molecule has 3 aromatic rings. The van der Waals surface area contributed by atoms with Crippen LogP contribution in [0.5, 0.6) is 11.5 Å². The lowest BCUT2D eigenvalue weighted by atomic mass is 10.2. The van der Waals surface area contributed by atoms with Gasteiger partial charge >= 0.3 is 0 Å². The number of carbonyl (C=O) groups excluding carboxylic acids is 1. The SMILES string of the molecule is Cc1cc(C)n2nc(C)c(C(=O)N(C)CC3COc4ccccc4O3)c2n1. The summed E-state index contributed by atoms with van der Waals surface area (Å²) in [4.78, 5) is 19.3. The number of carbonyl (C=O) groups is 1. The molecule has 1 aromatic carbocycles. The maximum Gasteiger partial charge on any atom is 0.259 e. The van der Waals surface area contributed by atoms with E-state index in [1.807, 2.05) is 51.1 Å². The van der Waals surface area contributed by atoms with E-state index in [1.54, 1.807) is 16.5 Å². The number of benzene rings is 1. The number of hydrogen-bond donors (Lipinski definition) is 0. The Bertz CT molecular complexity index is 1030. The van der Waals surface area contributed by atoms with Crippen LogP contribution >= 0.6 is 0 Å². The fourth-order valence-electron chi connectivity index (χ4n) is 3.41. The van der Waals surface area contributed by atoms with Crippen molar-refractivity contribution in [3.05, 3.63) is 53.0 Å². The molecule has 1 atom stereocenters. The molecule has 1 aliphatic rings. The van der Waals surface area contributed by atoms with E-state index < -0.39 is 0 Å². The number of para-hydroxylation sites is 2. The smallest absolute Gasteiger partial charge is 0.259 e. The van der Waals surface area contributed by atoms with Crippen molar-refractivity contribution in [1.29, 1.82) is 0 Å². The van der Waals surface area contributed by atoms with Crippen LogP contribution in [-0.2, 0) is 0 Å². The number of nitrogens with zero attached hydrogens (tertiary/aromatic N) is 4. The molecule has 0 radical (unpaired) electrons. The summed E-state index contributed by atoms with van der Waals surface area (Å²) in [6, 6.07) is 9.50. The molecule has 0 spiro atoms. The molecular weight excluding hydrogens is 344 g/mol. The number of aryl methyl sites for hydroxylation is 3. The Morgan fingerprint density at radius 1 is 1.26 bits per heavy atom. The van der Waals surface area contributed by atoms with Gasteiger partial charge in [0.05, 0.1) is 12.2 Å². The third-order valence-electron chi connectivity index (χ3n) is 4.68. The number of likely N-dealkylation sites (N-methyl/N-ethyl adjacent to an activating group) is 1. The van der Waals surface area contributed by atoms with Crippen molar-refractivity contribution in [3.63, 3.8) is 0 Å². The fraction of sp³-hybridized carbons (Fsp3) is 0.350. The number of ether oxygens (including phenoxy) is 2. The highest BCUT2D eigenvalue weighted by Gasteiger charge is 2.27. The van der Waals surface area contributed by atoms with E-state index in [2.05, 4.69) is 10.1 Å². The van der Waals surface area contributed by atoms with Crippen LogP contribution in [0.25, 0.3) is 5.65 Å². The Kier molecular flexibility index (Phi) is 4.22. The van der Waals surface area contributed by atoms with Crippen LogP contribution in [-0.4, -0.2) is 51.7 Å². The Labute approximate surface area is 157 Å². The van der Waals surface area contributed by atoms with E-state index in [-0.39, 0.29) is 12.0 Å². The third-order valence-corrected chi connectivity index (χ3v) is 4.68. The van der Waals surface area contributed by atoms with E-state index in [9.17, 15) is 4.79 Å². The summed E-state index contributed by atoms with van der Waals surface area (Å²) in [5.41, 5.74) is 3.59. The molecule has 0 saturated heterocycles. The molecule has 27 heavy (non-hydrogen) atoms. The van der Waals surface area contributed by atoms with Crippen molar-refractivity contribution in [2.24, 2.45) is 0 Å². The molecule has 2 aromatic heterocycles. The molecule has 3 heterocycles. The van der Waals surface area contributed by atoms with Gasteiger partial charge in [-0.2, -0.15) is 5.10 Å². The van der Waals surface area contributed by atoms with Crippen LogP contribution in [0, 0.1) is 20.8 Å². The normalized spacial score (nSPS) is 15.8. The van der Waals surface area contributed by atoms with Crippen molar-refractivity contribution >= 4 is 11.6 Å². The van der Waals surface area contributed by atoms with Gasteiger partial charge in [0, 0.05) is 18.4 Å². The zero-order valence-electron chi connectivity index (χ0n) is 15.9. The molecule has 1 amide bonds. The van der Waals surface area contributed by atoms with Gasteiger partial charge in [0.1, 0.15) is 12.2 Å². The summed E-state index contributed by atoms with van der Waals surface area (Å²) in [7, 11) is 1.76. The quantitative estimate of drug-likeness (QED) is 0.713. The molecule has 0 saturated carbocycles. The van der Waals surface area contributed by atoms with Gasteiger partial charge in [-0.15, -0.1) is 0 Å². The maximum atomic E-state index is 13.1. The third kappa shape index (κ3) is 3.09. The average Bonchev–Trinajstić information content (AvgIpc) is 2.97. The van der Waals surface area contributed by atoms with E-state index in [0.29, 0.717) is 35.8 Å². The van der Waals surface area contributed by atoms with Crippen molar-refractivity contribution in [3.8, 4) is 11.5 Å². The molecule has 4 rings (SSSR count). The lowest BCUT2D eigenvalue weighted by Crippen LogP contribution is -2.42. The van der Waals surface area contributed by atoms with Gasteiger partial charge < -0.3 is 14.4 Å². The zero-order chi connectivity index (χ0) is 19.1. The van der Waals surface area contributed by atoms with Crippen LogP contribution in [0.2, 0.25) is 0 Å². The van der Waals surface area contributed by atoms with Gasteiger partial charge in [0.25, 0.3) is 5.91 Å². The first-order valence-corrected chi connectivity index (χ1v) is 8.91. The molecule has 7 nitrogen and oxygen atoms in total. The van der Waals surface area contributed by atoms with Crippen LogP contribution < -0.4 is 9.47 Å². The van der Waals surface area contributed by atoms with Crippen LogP contribution in [0.15, 0.2) is 30.3 Å². The summed E-state index contributed by atoms with van der Waals surface area (Å²) >= 11 is 0. The standard InChI is InChI=1S/C20H22N4O3/c1-12-9-13(2)24-19(21-12)18(14(3)22-24)20(25)23(4)10-15-11-26-16-7-5-6-8-17(16)27-15/h5-9,15H,10-11H2,1-4H3. The molecule has 140 valence electrons. The zero-order valence-corrected chi connectivity index (χ0v) is 15.9. The summed E-state index contributed by atoms with van der Waals surface area (Å²) in [5, 5.41) is 4.48. The minimum atomic E-state index is -0.229. The molecule has 0 fully saturated rings. The number of amides is 1. The van der Waals surface area contributed by atoms with Crippen molar-refractivity contribution in [2.45, 2.75) is 26.9 Å². The van der Waals surface area contributed by atoms with Crippen LogP contribution in [0.4, 0.5) is 0 Å². The summed E-state index contributed by atoms with van der Waals surface area (Å²) in [5.74, 6) is 1.31. The fourth-order valence-corrected chi connectivity index (χ4v) is 3.41. The van der Waals surface area contributed by atoms with Crippen molar-refractivity contribution < 1.29 is 14.3 Å². The largest absolute Gasteiger partial charge is 0.486 e. The molecule has 1 aliphatic heterocycles. The minimum Gasteiger partial charge on any atom is -0.486 e. The molecule has 1 unspecified atom stereocenters. The van der Waals surface area contributed by atoms with Gasteiger partial charge in [0.15, 0.2) is 23.3 Å². The Morgan fingerprint density at radius 3 is 2.78 bits per heavy atom. The second-order valence-electron chi connectivity index (χ2n) is 6.92. The first-order chi connectivity index (χ1) is 12.9. The summed E-state index contributed by atoms with van der Waals surface area (Å²) < 4.78 is 13.4. The Hall–Kier alpha value is -3.09.